The fourth-order valence-corrected chi connectivity index (χ4v) is 1.35. The molecule has 1 aromatic rings. The molecule has 64 valence electrons. The quantitative estimate of drug-likeness (QED) is 0.591. The predicted octanol–water partition coefficient (Wildman–Crippen LogP) is -0.419. The van der Waals surface area contributed by atoms with Crippen LogP contribution in [0.4, 0.5) is 0 Å². The van der Waals surface area contributed by atoms with E-state index in [0.717, 1.165) is 36.6 Å². The monoisotopic (exact) mass is 164 g/mol. The van der Waals surface area contributed by atoms with E-state index < -0.39 is 0 Å². The zero-order valence-corrected chi connectivity index (χ0v) is 6.88. The average molecular weight is 164 g/mol. The molecule has 2 heterocycles. The van der Waals surface area contributed by atoms with Gasteiger partial charge in [-0.1, -0.05) is 0 Å². The number of nitrogens with two attached hydrogens (primary N) is 1. The molecule has 1 aliphatic rings. The van der Waals surface area contributed by atoms with Crippen LogP contribution in [0.2, 0.25) is 0 Å². The summed E-state index contributed by atoms with van der Waals surface area (Å²) in [6.45, 7) is 2.32. The number of nitrogens with zero attached hydrogens (tertiary/aromatic N) is 2. The molecular formula is C8H12N4. The van der Waals surface area contributed by atoms with Gasteiger partial charge in [-0.2, -0.15) is 0 Å². The zero-order valence-electron chi connectivity index (χ0n) is 6.88. The van der Waals surface area contributed by atoms with Crippen LogP contribution in [0.5, 0.6) is 0 Å². The van der Waals surface area contributed by atoms with Crippen LogP contribution in [0.25, 0.3) is 0 Å². The van der Waals surface area contributed by atoms with E-state index in [4.69, 9.17) is 5.73 Å². The van der Waals surface area contributed by atoms with Gasteiger partial charge in [0, 0.05) is 26.1 Å². The number of aromatic nitrogens is 2. The van der Waals surface area contributed by atoms with Gasteiger partial charge < -0.3 is 11.1 Å². The second-order valence-electron chi connectivity index (χ2n) is 2.89. The van der Waals surface area contributed by atoms with Gasteiger partial charge >= 0.3 is 0 Å². The Morgan fingerprint density at radius 3 is 3.25 bits per heavy atom. The fourth-order valence-electron chi connectivity index (χ4n) is 1.35. The molecule has 0 spiro atoms. The molecule has 4 nitrogen and oxygen atoms in total. The molecule has 0 bridgehead atoms. The van der Waals surface area contributed by atoms with Crippen molar-refractivity contribution in [2.75, 3.05) is 6.54 Å². The Bertz CT molecular complexity index is 284. The number of hydrogen-bond acceptors (Lipinski definition) is 4. The number of fused-ring (bicyclic) bond motifs is 1. The summed E-state index contributed by atoms with van der Waals surface area (Å²) < 4.78 is 0. The van der Waals surface area contributed by atoms with E-state index in [1.807, 2.05) is 0 Å². The van der Waals surface area contributed by atoms with Crippen molar-refractivity contribution in [3.63, 3.8) is 0 Å². The molecule has 12 heavy (non-hydrogen) atoms. The van der Waals surface area contributed by atoms with Gasteiger partial charge in [-0.15, -0.1) is 0 Å². The standard InChI is InChI=1S/C8H12N4/c9-3-6-4-11-8-5-10-2-1-7(8)12-6/h4,10H,1-3,5,9H2. The molecule has 2 rings (SSSR count). The summed E-state index contributed by atoms with van der Waals surface area (Å²) in [5.74, 6) is 0. The van der Waals surface area contributed by atoms with Crippen molar-refractivity contribution in [1.29, 1.82) is 0 Å². The van der Waals surface area contributed by atoms with Gasteiger partial charge in [0.2, 0.25) is 0 Å². The van der Waals surface area contributed by atoms with Crippen LogP contribution in [-0.2, 0) is 19.5 Å². The molecule has 0 saturated carbocycles. The van der Waals surface area contributed by atoms with Crippen molar-refractivity contribution in [2.45, 2.75) is 19.5 Å². The van der Waals surface area contributed by atoms with Crippen molar-refractivity contribution in [1.82, 2.24) is 15.3 Å². The van der Waals surface area contributed by atoms with Crippen molar-refractivity contribution in [3.05, 3.63) is 23.3 Å². The molecule has 0 aromatic carbocycles. The van der Waals surface area contributed by atoms with Crippen LogP contribution >= 0.6 is 0 Å². The lowest BCUT2D eigenvalue weighted by atomic mass is 10.1. The van der Waals surface area contributed by atoms with Crippen LogP contribution in [0.1, 0.15) is 17.1 Å². The lowest BCUT2D eigenvalue weighted by Crippen LogP contribution is -2.26. The molecule has 0 aliphatic carbocycles. The van der Waals surface area contributed by atoms with Crippen molar-refractivity contribution < 1.29 is 0 Å². The molecule has 0 saturated heterocycles. The molecule has 4 heteroatoms. The second kappa shape index (κ2) is 3.16. The first-order valence-electron chi connectivity index (χ1n) is 4.14. The summed E-state index contributed by atoms with van der Waals surface area (Å²) in [4.78, 5) is 8.69. The van der Waals surface area contributed by atoms with Crippen molar-refractivity contribution in [3.8, 4) is 0 Å². The lowest BCUT2D eigenvalue weighted by Gasteiger charge is -2.14. The van der Waals surface area contributed by atoms with Crippen molar-refractivity contribution in [2.24, 2.45) is 5.73 Å². The van der Waals surface area contributed by atoms with Gasteiger partial charge in [-0.3, -0.25) is 9.97 Å². The Labute approximate surface area is 71.2 Å². The highest BCUT2D eigenvalue weighted by Crippen LogP contribution is 2.08. The summed E-state index contributed by atoms with van der Waals surface area (Å²) in [5, 5.41) is 3.24. The van der Waals surface area contributed by atoms with Gasteiger partial charge in [0.25, 0.3) is 0 Å². The molecule has 1 aliphatic heterocycles. The van der Waals surface area contributed by atoms with Crippen LogP contribution in [-0.4, -0.2) is 16.5 Å². The third-order valence-corrected chi connectivity index (χ3v) is 2.02. The van der Waals surface area contributed by atoms with E-state index in [-0.39, 0.29) is 0 Å². The molecule has 0 radical (unpaired) electrons. The number of hydrogen-bond donors (Lipinski definition) is 2. The maximum atomic E-state index is 5.46. The Morgan fingerprint density at radius 1 is 1.50 bits per heavy atom. The Hall–Kier alpha value is -1.00. The molecule has 3 N–H and O–H groups in total. The van der Waals surface area contributed by atoms with E-state index in [1.54, 1.807) is 6.20 Å². The predicted molar refractivity (Wildman–Crippen MR) is 45.3 cm³/mol. The SMILES string of the molecule is NCc1cnc2c(n1)CCNC2. The van der Waals surface area contributed by atoms with E-state index in [9.17, 15) is 0 Å². The maximum Gasteiger partial charge on any atom is 0.0757 e. The molecular weight excluding hydrogens is 152 g/mol. The number of nitrogens with one attached hydrogen (secondary N) is 1. The van der Waals surface area contributed by atoms with E-state index in [2.05, 4.69) is 15.3 Å². The second-order valence-corrected chi connectivity index (χ2v) is 2.89. The summed E-state index contributed by atoms with van der Waals surface area (Å²) >= 11 is 0. The third kappa shape index (κ3) is 1.31. The van der Waals surface area contributed by atoms with Crippen LogP contribution in [0.15, 0.2) is 6.20 Å². The summed E-state index contributed by atoms with van der Waals surface area (Å²) in [7, 11) is 0. The summed E-state index contributed by atoms with van der Waals surface area (Å²) in [5.41, 5.74) is 8.53. The van der Waals surface area contributed by atoms with Gasteiger partial charge in [-0.05, 0) is 0 Å². The minimum atomic E-state index is 0.480. The average Bonchev–Trinajstić information content (AvgIpc) is 2.17. The maximum absolute atomic E-state index is 5.46. The smallest absolute Gasteiger partial charge is 0.0757 e. The van der Waals surface area contributed by atoms with Gasteiger partial charge in [0.1, 0.15) is 0 Å². The fraction of sp³-hybridized carbons (Fsp3) is 0.500. The van der Waals surface area contributed by atoms with Gasteiger partial charge in [0.15, 0.2) is 0 Å². The van der Waals surface area contributed by atoms with Crippen molar-refractivity contribution >= 4 is 0 Å². The largest absolute Gasteiger partial charge is 0.325 e. The first-order chi connectivity index (χ1) is 5.90. The lowest BCUT2D eigenvalue weighted by molar-refractivity contribution is 0.608. The van der Waals surface area contributed by atoms with E-state index >= 15 is 0 Å². The highest BCUT2D eigenvalue weighted by molar-refractivity contribution is 5.16. The van der Waals surface area contributed by atoms with Crippen LogP contribution in [0, 0.1) is 0 Å². The Balaban J connectivity index is 2.36. The minimum absolute atomic E-state index is 0.480. The molecule has 0 atom stereocenters. The first kappa shape index (κ1) is 7.64. The van der Waals surface area contributed by atoms with E-state index in [0.29, 0.717) is 6.54 Å². The Kier molecular flexibility index (Phi) is 2.01. The van der Waals surface area contributed by atoms with Crippen LogP contribution in [0.3, 0.4) is 0 Å². The highest BCUT2D eigenvalue weighted by Gasteiger charge is 2.10. The number of rotatable bonds is 1. The van der Waals surface area contributed by atoms with E-state index in [1.165, 1.54) is 0 Å². The summed E-state index contributed by atoms with van der Waals surface area (Å²) in [6, 6.07) is 0. The van der Waals surface area contributed by atoms with Gasteiger partial charge in [-0.25, -0.2) is 0 Å². The molecule has 0 amide bonds. The summed E-state index contributed by atoms with van der Waals surface area (Å²) in [6.07, 6.45) is 2.72. The normalized spacial score (nSPS) is 15.8. The third-order valence-electron chi connectivity index (χ3n) is 2.02. The molecule has 0 fully saturated rings. The minimum Gasteiger partial charge on any atom is -0.325 e. The Morgan fingerprint density at radius 2 is 2.42 bits per heavy atom. The topological polar surface area (TPSA) is 63.8 Å². The van der Waals surface area contributed by atoms with Gasteiger partial charge in [0.05, 0.1) is 23.3 Å². The molecule has 1 aromatic heterocycles. The van der Waals surface area contributed by atoms with Crippen LogP contribution < -0.4 is 11.1 Å². The molecule has 0 unspecified atom stereocenters. The zero-order chi connectivity index (χ0) is 8.39. The first-order valence-corrected chi connectivity index (χ1v) is 4.14. The highest BCUT2D eigenvalue weighted by atomic mass is 14.9.